The predicted molar refractivity (Wildman–Crippen MR) is 79.2 cm³/mol. The van der Waals surface area contributed by atoms with Crippen LogP contribution in [0.2, 0.25) is 0 Å². The molecule has 0 saturated heterocycles. The number of hydrogen-bond donors (Lipinski definition) is 2. The van der Waals surface area contributed by atoms with E-state index in [9.17, 15) is 0 Å². The van der Waals surface area contributed by atoms with Crippen LogP contribution in [0.1, 0.15) is 25.0 Å². The van der Waals surface area contributed by atoms with Crippen LogP contribution in [0.4, 0.5) is 11.4 Å². The number of halogens is 1. The van der Waals surface area contributed by atoms with Crippen LogP contribution in [0, 0.1) is 0 Å². The molecular formula is C14H17BrN2. The number of nitrogen functional groups attached to an aromatic ring is 2. The molecule has 2 aromatic rings. The van der Waals surface area contributed by atoms with Gasteiger partial charge < -0.3 is 11.5 Å². The molecule has 0 aliphatic carbocycles. The Hall–Kier alpha value is -1.22. The average Bonchev–Trinajstić information content (AvgIpc) is 2.33. The zero-order valence-electron chi connectivity index (χ0n) is 10.2. The molecule has 0 fully saturated rings. The lowest BCUT2D eigenvalue weighted by atomic mass is 9.94. The molecule has 3 heteroatoms. The van der Waals surface area contributed by atoms with Crippen molar-refractivity contribution in [2.75, 3.05) is 11.5 Å². The van der Waals surface area contributed by atoms with Gasteiger partial charge in [-0.05, 0) is 46.0 Å². The van der Waals surface area contributed by atoms with Crippen molar-refractivity contribution in [2.24, 2.45) is 0 Å². The fourth-order valence-electron chi connectivity index (χ4n) is 2.43. The molecule has 0 aliphatic heterocycles. The highest BCUT2D eigenvalue weighted by molar-refractivity contribution is 9.10. The number of nitrogens with two attached hydrogens (primary N) is 2. The Balaban J connectivity index is 2.99. The van der Waals surface area contributed by atoms with Gasteiger partial charge in [-0.2, -0.15) is 0 Å². The van der Waals surface area contributed by atoms with E-state index in [1.54, 1.807) is 0 Å². The zero-order chi connectivity index (χ0) is 12.6. The van der Waals surface area contributed by atoms with Crippen molar-refractivity contribution < 1.29 is 0 Å². The first-order chi connectivity index (χ1) is 8.11. The molecule has 0 aliphatic rings. The van der Waals surface area contributed by atoms with Gasteiger partial charge in [0.2, 0.25) is 0 Å². The Labute approximate surface area is 110 Å². The molecule has 0 spiro atoms. The zero-order valence-corrected chi connectivity index (χ0v) is 11.8. The molecular weight excluding hydrogens is 276 g/mol. The highest BCUT2D eigenvalue weighted by Gasteiger charge is 2.15. The second-order valence-electron chi connectivity index (χ2n) is 4.16. The lowest BCUT2D eigenvalue weighted by Gasteiger charge is -2.17. The Morgan fingerprint density at radius 3 is 2.29 bits per heavy atom. The number of rotatable bonds is 2. The normalized spacial score (nSPS) is 11.0. The van der Waals surface area contributed by atoms with E-state index in [1.807, 2.05) is 12.1 Å². The molecule has 0 amide bonds. The first-order valence-corrected chi connectivity index (χ1v) is 6.67. The third kappa shape index (κ3) is 1.78. The standard InChI is InChI=1S/C14H17BrN2/c1-3-8-9(4-2)14(17)12-10(13(8)15)6-5-7-11(12)16/h5-7H,3-4,16-17H2,1-2H3. The summed E-state index contributed by atoms with van der Waals surface area (Å²) >= 11 is 3.69. The summed E-state index contributed by atoms with van der Waals surface area (Å²) in [7, 11) is 0. The van der Waals surface area contributed by atoms with Gasteiger partial charge in [-0.25, -0.2) is 0 Å². The van der Waals surface area contributed by atoms with Crippen LogP contribution in [0.5, 0.6) is 0 Å². The van der Waals surface area contributed by atoms with E-state index < -0.39 is 0 Å². The van der Waals surface area contributed by atoms with E-state index in [2.05, 4.69) is 35.8 Å². The van der Waals surface area contributed by atoms with Crippen molar-refractivity contribution in [3.63, 3.8) is 0 Å². The summed E-state index contributed by atoms with van der Waals surface area (Å²) < 4.78 is 1.13. The Morgan fingerprint density at radius 2 is 1.71 bits per heavy atom. The van der Waals surface area contributed by atoms with Crippen molar-refractivity contribution in [3.8, 4) is 0 Å². The van der Waals surface area contributed by atoms with Crippen molar-refractivity contribution in [3.05, 3.63) is 33.8 Å². The van der Waals surface area contributed by atoms with E-state index in [4.69, 9.17) is 11.5 Å². The first-order valence-electron chi connectivity index (χ1n) is 5.88. The highest BCUT2D eigenvalue weighted by atomic mass is 79.9. The van der Waals surface area contributed by atoms with Gasteiger partial charge in [-0.15, -0.1) is 0 Å². The van der Waals surface area contributed by atoms with E-state index >= 15 is 0 Å². The number of anilines is 2. The SMILES string of the molecule is CCc1c(CC)c(N)c2c(N)cccc2c1Br. The van der Waals surface area contributed by atoms with E-state index in [1.165, 1.54) is 11.1 Å². The molecule has 2 rings (SSSR count). The van der Waals surface area contributed by atoms with Gasteiger partial charge in [0, 0.05) is 26.6 Å². The largest absolute Gasteiger partial charge is 0.398 e. The molecule has 4 N–H and O–H groups in total. The average molecular weight is 293 g/mol. The number of hydrogen-bond acceptors (Lipinski definition) is 2. The molecule has 0 aromatic heterocycles. The smallest absolute Gasteiger partial charge is 0.0450 e. The maximum atomic E-state index is 6.27. The third-order valence-corrected chi connectivity index (χ3v) is 4.17. The molecule has 17 heavy (non-hydrogen) atoms. The van der Waals surface area contributed by atoms with Gasteiger partial charge in [0.15, 0.2) is 0 Å². The molecule has 2 nitrogen and oxygen atoms in total. The summed E-state index contributed by atoms with van der Waals surface area (Å²) in [6.45, 7) is 4.28. The second kappa shape index (κ2) is 4.57. The van der Waals surface area contributed by atoms with Crippen LogP contribution in [0.25, 0.3) is 10.8 Å². The van der Waals surface area contributed by atoms with Crippen molar-refractivity contribution in [2.45, 2.75) is 26.7 Å². The maximum absolute atomic E-state index is 6.27. The molecule has 2 aromatic carbocycles. The Morgan fingerprint density at radius 1 is 1.06 bits per heavy atom. The molecule has 0 bridgehead atoms. The van der Waals surface area contributed by atoms with Crippen LogP contribution >= 0.6 is 15.9 Å². The lowest BCUT2D eigenvalue weighted by Crippen LogP contribution is -2.03. The summed E-state index contributed by atoms with van der Waals surface area (Å²) in [5.74, 6) is 0. The van der Waals surface area contributed by atoms with Gasteiger partial charge in [0.1, 0.15) is 0 Å². The number of benzene rings is 2. The quantitative estimate of drug-likeness (QED) is 0.825. The monoisotopic (exact) mass is 292 g/mol. The topological polar surface area (TPSA) is 52.0 Å². The van der Waals surface area contributed by atoms with Crippen molar-refractivity contribution >= 4 is 38.1 Å². The Kier molecular flexibility index (Phi) is 3.29. The molecule has 0 radical (unpaired) electrons. The van der Waals surface area contributed by atoms with E-state index in [-0.39, 0.29) is 0 Å². The van der Waals surface area contributed by atoms with Crippen LogP contribution in [-0.2, 0) is 12.8 Å². The van der Waals surface area contributed by atoms with Crippen LogP contribution in [0.15, 0.2) is 22.7 Å². The highest BCUT2D eigenvalue weighted by Crippen LogP contribution is 2.39. The molecule has 0 heterocycles. The summed E-state index contributed by atoms with van der Waals surface area (Å²) in [5.41, 5.74) is 16.4. The van der Waals surface area contributed by atoms with E-state index in [0.717, 1.165) is 39.5 Å². The van der Waals surface area contributed by atoms with Gasteiger partial charge in [-0.3, -0.25) is 0 Å². The number of fused-ring (bicyclic) bond motifs is 1. The molecule has 0 atom stereocenters. The minimum absolute atomic E-state index is 0.748. The predicted octanol–water partition coefficient (Wildman–Crippen LogP) is 3.89. The van der Waals surface area contributed by atoms with Gasteiger partial charge in [-0.1, -0.05) is 26.0 Å². The minimum Gasteiger partial charge on any atom is -0.398 e. The summed E-state index contributed by atoms with van der Waals surface area (Å²) in [4.78, 5) is 0. The fourth-order valence-corrected chi connectivity index (χ4v) is 3.28. The fraction of sp³-hybridized carbons (Fsp3) is 0.286. The third-order valence-electron chi connectivity index (χ3n) is 3.26. The molecule has 0 saturated carbocycles. The summed E-state index contributed by atoms with van der Waals surface area (Å²) in [6.07, 6.45) is 1.90. The van der Waals surface area contributed by atoms with Crippen molar-refractivity contribution in [1.29, 1.82) is 0 Å². The van der Waals surface area contributed by atoms with Crippen LogP contribution < -0.4 is 11.5 Å². The lowest BCUT2D eigenvalue weighted by molar-refractivity contribution is 1.04. The maximum Gasteiger partial charge on any atom is 0.0450 e. The van der Waals surface area contributed by atoms with Crippen LogP contribution in [0.3, 0.4) is 0 Å². The van der Waals surface area contributed by atoms with Gasteiger partial charge in [0.25, 0.3) is 0 Å². The van der Waals surface area contributed by atoms with Crippen molar-refractivity contribution in [1.82, 2.24) is 0 Å². The Bertz CT molecular complexity index is 576. The minimum atomic E-state index is 0.748. The summed E-state index contributed by atoms with van der Waals surface area (Å²) in [6, 6.07) is 5.92. The summed E-state index contributed by atoms with van der Waals surface area (Å²) in [5, 5.41) is 2.09. The van der Waals surface area contributed by atoms with Gasteiger partial charge >= 0.3 is 0 Å². The molecule has 90 valence electrons. The van der Waals surface area contributed by atoms with Gasteiger partial charge in [0.05, 0.1) is 0 Å². The van der Waals surface area contributed by atoms with Crippen LogP contribution in [-0.4, -0.2) is 0 Å². The second-order valence-corrected chi connectivity index (χ2v) is 4.95. The first kappa shape index (κ1) is 12.2. The molecule has 0 unspecified atom stereocenters. The van der Waals surface area contributed by atoms with E-state index in [0.29, 0.717) is 0 Å².